The number of alkyl halides is 1. The van der Waals surface area contributed by atoms with E-state index in [1.165, 1.54) is 0 Å². The minimum Gasteiger partial charge on any atom is -0.244 e. The molecule has 3 nitrogen and oxygen atoms in total. The summed E-state index contributed by atoms with van der Waals surface area (Å²) in [7, 11) is 0. The van der Waals surface area contributed by atoms with Crippen molar-refractivity contribution in [1.82, 2.24) is 15.0 Å². The molecule has 96 valence electrons. The molecule has 0 aliphatic rings. The minimum atomic E-state index is 0.256. The molecule has 0 bridgehead atoms. The van der Waals surface area contributed by atoms with Crippen LogP contribution >= 0.6 is 11.6 Å². The first-order valence-electron chi connectivity index (χ1n) is 6.01. The van der Waals surface area contributed by atoms with Crippen molar-refractivity contribution in [1.29, 1.82) is 0 Å². The normalized spacial score (nSPS) is 11.8. The largest absolute Gasteiger partial charge is 0.244 e. The lowest BCUT2D eigenvalue weighted by Gasteiger charge is -2.19. The van der Waals surface area contributed by atoms with Crippen LogP contribution in [0.5, 0.6) is 0 Å². The molecule has 1 aromatic heterocycles. The van der Waals surface area contributed by atoms with Crippen LogP contribution in [0, 0.1) is 5.41 Å². The van der Waals surface area contributed by atoms with E-state index in [1.807, 2.05) is 4.68 Å². The predicted octanol–water partition coefficient (Wildman–Crippen LogP) is 3.57. The van der Waals surface area contributed by atoms with E-state index in [0.29, 0.717) is 12.4 Å². The predicted molar refractivity (Wildman–Crippen MR) is 72.2 cm³/mol. The molecule has 1 heterocycles. The first-order valence-corrected chi connectivity index (χ1v) is 6.54. The second-order valence-corrected chi connectivity index (χ2v) is 5.88. The average molecular weight is 256 g/mol. The minimum absolute atomic E-state index is 0.256. The number of aromatic nitrogens is 3. The van der Waals surface area contributed by atoms with Gasteiger partial charge in [-0.05, 0) is 18.3 Å². The van der Waals surface area contributed by atoms with E-state index in [9.17, 15) is 0 Å². The van der Waals surface area contributed by atoms with Gasteiger partial charge in [0.25, 0.3) is 0 Å². The Bertz CT molecular complexity index is 388. The zero-order valence-electron chi connectivity index (χ0n) is 11.3. The molecular weight excluding hydrogens is 234 g/mol. The molecule has 0 aromatic carbocycles. The van der Waals surface area contributed by atoms with Crippen molar-refractivity contribution < 1.29 is 0 Å². The third kappa shape index (κ3) is 4.15. The third-order valence-corrected chi connectivity index (χ3v) is 2.79. The van der Waals surface area contributed by atoms with Gasteiger partial charge in [0.05, 0.1) is 23.8 Å². The summed E-state index contributed by atoms with van der Waals surface area (Å²) in [5.74, 6) is 0.457. The fourth-order valence-corrected chi connectivity index (χ4v) is 2.23. The summed E-state index contributed by atoms with van der Waals surface area (Å²) in [6.07, 6.45) is 1.85. The lowest BCUT2D eigenvalue weighted by Crippen LogP contribution is -2.12. The molecule has 17 heavy (non-hydrogen) atoms. The Balaban J connectivity index is 2.75. The van der Waals surface area contributed by atoms with Crippen molar-refractivity contribution in [2.24, 2.45) is 5.41 Å². The van der Waals surface area contributed by atoms with Crippen molar-refractivity contribution >= 4 is 11.6 Å². The number of aryl methyl sites for hydroxylation is 1. The van der Waals surface area contributed by atoms with E-state index in [0.717, 1.165) is 29.8 Å². The van der Waals surface area contributed by atoms with Gasteiger partial charge in [-0.2, -0.15) is 0 Å². The second-order valence-electron chi connectivity index (χ2n) is 5.62. The van der Waals surface area contributed by atoms with Gasteiger partial charge in [0.15, 0.2) is 0 Å². The topological polar surface area (TPSA) is 30.7 Å². The highest BCUT2D eigenvalue weighted by atomic mass is 35.5. The van der Waals surface area contributed by atoms with Crippen LogP contribution < -0.4 is 0 Å². The van der Waals surface area contributed by atoms with E-state index >= 15 is 0 Å². The molecule has 0 saturated heterocycles. The number of hydrogen-bond donors (Lipinski definition) is 0. The van der Waals surface area contributed by atoms with E-state index in [-0.39, 0.29) is 5.41 Å². The maximum Gasteiger partial charge on any atom is 0.0869 e. The fourth-order valence-electron chi connectivity index (χ4n) is 1.93. The molecule has 0 atom stereocenters. The van der Waals surface area contributed by atoms with Crippen molar-refractivity contribution in [3.63, 3.8) is 0 Å². The number of hydrogen-bond acceptors (Lipinski definition) is 2. The molecule has 0 unspecified atom stereocenters. The zero-order valence-corrected chi connectivity index (χ0v) is 12.0. The number of allylic oxidation sites excluding steroid dienone is 1. The van der Waals surface area contributed by atoms with Gasteiger partial charge >= 0.3 is 0 Å². The van der Waals surface area contributed by atoms with Gasteiger partial charge in [0.2, 0.25) is 0 Å². The van der Waals surface area contributed by atoms with Crippen molar-refractivity contribution in [2.75, 3.05) is 0 Å². The highest BCUT2D eigenvalue weighted by molar-refractivity contribution is 6.17. The maximum atomic E-state index is 5.94. The van der Waals surface area contributed by atoms with Crippen LogP contribution in [0.25, 0.3) is 0 Å². The Kier molecular flexibility index (Phi) is 4.75. The standard InChI is InChI=1S/C13H22ClN3/c1-6-11-12(8-14)17(16-15-11)9-10(2)7-13(3,4)5/h2,6-9H2,1,3-5H3. The Hall–Kier alpha value is -0.830. The van der Waals surface area contributed by atoms with Crippen LogP contribution in [0.2, 0.25) is 0 Å². The van der Waals surface area contributed by atoms with Gasteiger partial charge in [0.1, 0.15) is 0 Å². The van der Waals surface area contributed by atoms with E-state index < -0.39 is 0 Å². The van der Waals surface area contributed by atoms with Crippen LogP contribution in [-0.2, 0) is 18.8 Å². The molecule has 0 amide bonds. The van der Waals surface area contributed by atoms with Gasteiger partial charge in [-0.3, -0.25) is 0 Å². The first kappa shape index (κ1) is 14.2. The number of halogens is 1. The second kappa shape index (κ2) is 5.67. The lowest BCUT2D eigenvalue weighted by molar-refractivity contribution is 0.398. The summed E-state index contributed by atoms with van der Waals surface area (Å²) < 4.78 is 1.87. The van der Waals surface area contributed by atoms with Crippen LogP contribution in [0.15, 0.2) is 12.2 Å². The molecule has 0 saturated carbocycles. The Labute approximate surface area is 109 Å². The molecule has 0 aliphatic carbocycles. The molecule has 0 spiro atoms. The molecule has 0 N–H and O–H groups in total. The summed E-state index contributed by atoms with van der Waals surface area (Å²) in [6, 6.07) is 0. The first-order chi connectivity index (χ1) is 7.87. The monoisotopic (exact) mass is 255 g/mol. The number of rotatable bonds is 5. The van der Waals surface area contributed by atoms with Gasteiger partial charge in [0, 0.05) is 0 Å². The molecule has 0 radical (unpaired) electrons. The summed E-state index contributed by atoms with van der Waals surface area (Å²) >= 11 is 5.94. The van der Waals surface area contributed by atoms with Crippen LogP contribution in [0.3, 0.4) is 0 Å². The van der Waals surface area contributed by atoms with E-state index in [1.54, 1.807) is 0 Å². The lowest BCUT2D eigenvalue weighted by atomic mass is 9.88. The summed E-state index contributed by atoms with van der Waals surface area (Å²) in [5, 5.41) is 8.29. The summed E-state index contributed by atoms with van der Waals surface area (Å²) in [6.45, 7) is 13.5. The average Bonchev–Trinajstić information content (AvgIpc) is 2.56. The van der Waals surface area contributed by atoms with Crippen LogP contribution in [0.4, 0.5) is 0 Å². The Morgan fingerprint density at radius 2 is 2.06 bits per heavy atom. The van der Waals surface area contributed by atoms with Crippen LogP contribution in [0.1, 0.15) is 45.5 Å². The molecule has 0 fully saturated rings. The van der Waals surface area contributed by atoms with Crippen LogP contribution in [-0.4, -0.2) is 15.0 Å². The zero-order chi connectivity index (χ0) is 13.1. The highest BCUT2D eigenvalue weighted by Crippen LogP contribution is 2.24. The fraction of sp³-hybridized carbons (Fsp3) is 0.692. The van der Waals surface area contributed by atoms with E-state index in [2.05, 4.69) is 44.6 Å². The quantitative estimate of drug-likeness (QED) is 0.595. The molecule has 4 heteroatoms. The van der Waals surface area contributed by atoms with E-state index in [4.69, 9.17) is 11.6 Å². The Morgan fingerprint density at radius 1 is 1.41 bits per heavy atom. The van der Waals surface area contributed by atoms with Gasteiger partial charge in [-0.25, -0.2) is 4.68 Å². The molecule has 1 rings (SSSR count). The number of nitrogens with zero attached hydrogens (tertiary/aromatic N) is 3. The summed E-state index contributed by atoms with van der Waals surface area (Å²) in [5.41, 5.74) is 3.43. The highest BCUT2D eigenvalue weighted by Gasteiger charge is 2.15. The SMILES string of the molecule is C=C(Cn1nnc(CC)c1CCl)CC(C)(C)C. The maximum absolute atomic E-state index is 5.94. The van der Waals surface area contributed by atoms with Crippen molar-refractivity contribution in [3.8, 4) is 0 Å². The molecular formula is C13H22ClN3. The summed E-state index contributed by atoms with van der Waals surface area (Å²) in [4.78, 5) is 0. The van der Waals surface area contributed by atoms with Gasteiger partial charge < -0.3 is 0 Å². The smallest absolute Gasteiger partial charge is 0.0869 e. The Morgan fingerprint density at radius 3 is 2.53 bits per heavy atom. The molecule has 1 aromatic rings. The van der Waals surface area contributed by atoms with Gasteiger partial charge in [-0.15, -0.1) is 16.7 Å². The van der Waals surface area contributed by atoms with Crippen molar-refractivity contribution in [2.45, 2.75) is 53.0 Å². The third-order valence-electron chi connectivity index (χ3n) is 2.53. The van der Waals surface area contributed by atoms with Crippen molar-refractivity contribution in [3.05, 3.63) is 23.5 Å². The van der Waals surface area contributed by atoms with Gasteiger partial charge in [-0.1, -0.05) is 45.1 Å². The molecule has 0 aliphatic heterocycles.